The van der Waals surface area contributed by atoms with E-state index in [0.29, 0.717) is 16.7 Å². The van der Waals surface area contributed by atoms with Gasteiger partial charge in [-0.2, -0.15) is 0 Å². The molecule has 8 heteroatoms. The van der Waals surface area contributed by atoms with Crippen molar-refractivity contribution in [3.63, 3.8) is 0 Å². The third-order valence-electron chi connectivity index (χ3n) is 6.76. The molecule has 0 radical (unpaired) electrons. The third kappa shape index (κ3) is 3.81. The SMILES string of the molecule is O=C1N(CCN2CCOCC2)CCC12CCN(Cc1cc3c(cc1Cl)OCO3)C2. The zero-order valence-electron chi connectivity index (χ0n) is 16.7. The summed E-state index contributed by atoms with van der Waals surface area (Å²) in [5, 5.41) is 0.695. The summed E-state index contributed by atoms with van der Waals surface area (Å²) in [6, 6.07) is 3.81. The Hall–Kier alpha value is -1.54. The third-order valence-corrected chi connectivity index (χ3v) is 7.11. The molecule has 4 aliphatic rings. The number of ether oxygens (including phenoxy) is 3. The lowest BCUT2D eigenvalue weighted by Gasteiger charge is -2.29. The van der Waals surface area contributed by atoms with Crippen LogP contribution < -0.4 is 9.47 Å². The van der Waals surface area contributed by atoms with Crippen molar-refractivity contribution in [2.75, 3.05) is 65.8 Å². The molecule has 1 aromatic rings. The summed E-state index contributed by atoms with van der Waals surface area (Å²) in [7, 11) is 0. The average Bonchev–Trinajstić information content (AvgIpc) is 3.43. The van der Waals surface area contributed by atoms with E-state index in [2.05, 4.69) is 14.7 Å². The Balaban J connectivity index is 1.18. The second kappa shape index (κ2) is 7.95. The monoisotopic (exact) mass is 421 g/mol. The number of benzene rings is 1. The molecule has 0 aliphatic carbocycles. The molecule has 3 saturated heterocycles. The van der Waals surface area contributed by atoms with E-state index in [-0.39, 0.29) is 12.2 Å². The van der Waals surface area contributed by atoms with Crippen LogP contribution in [0.1, 0.15) is 18.4 Å². The van der Waals surface area contributed by atoms with Crippen molar-refractivity contribution in [1.29, 1.82) is 0 Å². The molecular formula is C21H28ClN3O4. The van der Waals surface area contributed by atoms with Gasteiger partial charge in [0, 0.05) is 56.9 Å². The highest BCUT2D eigenvalue weighted by molar-refractivity contribution is 6.31. The number of nitrogens with zero attached hydrogens (tertiary/aromatic N) is 3. The number of likely N-dealkylation sites (tertiary alicyclic amines) is 2. The average molecular weight is 422 g/mol. The van der Waals surface area contributed by atoms with Crippen molar-refractivity contribution in [3.8, 4) is 11.5 Å². The molecule has 0 bridgehead atoms. The van der Waals surface area contributed by atoms with Gasteiger partial charge in [0.25, 0.3) is 0 Å². The number of fused-ring (bicyclic) bond motifs is 1. The van der Waals surface area contributed by atoms with Crippen LogP contribution in [0.3, 0.4) is 0 Å². The Bertz CT molecular complexity index is 785. The Kier molecular flexibility index (Phi) is 5.32. The fourth-order valence-electron chi connectivity index (χ4n) is 4.99. The number of halogens is 1. The number of carbonyl (C=O) groups excluding carboxylic acids is 1. The van der Waals surface area contributed by atoms with Gasteiger partial charge in [0.1, 0.15) is 0 Å². The summed E-state index contributed by atoms with van der Waals surface area (Å²) >= 11 is 6.45. The first-order chi connectivity index (χ1) is 14.1. The van der Waals surface area contributed by atoms with Gasteiger partial charge in [-0.25, -0.2) is 0 Å². The quantitative estimate of drug-likeness (QED) is 0.723. The number of hydrogen-bond donors (Lipinski definition) is 0. The molecule has 1 atom stereocenters. The fraction of sp³-hybridized carbons (Fsp3) is 0.667. The van der Waals surface area contributed by atoms with E-state index in [1.165, 1.54) is 0 Å². The maximum absolute atomic E-state index is 13.2. The van der Waals surface area contributed by atoms with Gasteiger partial charge >= 0.3 is 0 Å². The summed E-state index contributed by atoms with van der Waals surface area (Å²) in [6.45, 7) is 8.91. The van der Waals surface area contributed by atoms with Gasteiger partial charge in [0.05, 0.1) is 18.6 Å². The maximum Gasteiger partial charge on any atom is 0.231 e. The van der Waals surface area contributed by atoms with Gasteiger partial charge < -0.3 is 19.1 Å². The molecule has 1 amide bonds. The predicted molar refractivity (Wildman–Crippen MR) is 108 cm³/mol. The van der Waals surface area contributed by atoms with E-state index in [1.54, 1.807) is 0 Å². The first kappa shape index (κ1) is 19.4. The maximum atomic E-state index is 13.2. The lowest BCUT2D eigenvalue weighted by Crippen LogP contribution is -2.43. The van der Waals surface area contributed by atoms with Gasteiger partial charge in [-0.05, 0) is 31.0 Å². The van der Waals surface area contributed by atoms with E-state index in [0.717, 1.165) is 89.7 Å². The summed E-state index contributed by atoms with van der Waals surface area (Å²) in [5.41, 5.74) is 0.816. The van der Waals surface area contributed by atoms with Crippen LogP contribution in [-0.4, -0.2) is 86.4 Å². The molecule has 3 fully saturated rings. The van der Waals surface area contributed by atoms with Crippen molar-refractivity contribution < 1.29 is 19.0 Å². The van der Waals surface area contributed by atoms with Crippen LogP contribution in [0.25, 0.3) is 0 Å². The fourth-order valence-corrected chi connectivity index (χ4v) is 5.20. The van der Waals surface area contributed by atoms with Gasteiger partial charge in [-0.1, -0.05) is 11.6 Å². The topological polar surface area (TPSA) is 54.5 Å². The van der Waals surface area contributed by atoms with E-state index in [1.807, 2.05) is 12.1 Å². The summed E-state index contributed by atoms with van der Waals surface area (Å²) in [4.78, 5) is 20.0. The Morgan fingerprint density at radius 1 is 0.966 bits per heavy atom. The van der Waals surface area contributed by atoms with Crippen LogP contribution >= 0.6 is 11.6 Å². The predicted octanol–water partition coefficient (Wildman–Crippen LogP) is 1.83. The second-order valence-electron chi connectivity index (χ2n) is 8.53. The van der Waals surface area contributed by atoms with Crippen molar-refractivity contribution in [2.45, 2.75) is 19.4 Å². The van der Waals surface area contributed by atoms with E-state index < -0.39 is 0 Å². The van der Waals surface area contributed by atoms with Gasteiger partial charge in [0.15, 0.2) is 11.5 Å². The van der Waals surface area contributed by atoms with Crippen molar-refractivity contribution in [3.05, 3.63) is 22.7 Å². The first-order valence-electron chi connectivity index (χ1n) is 10.5. The van der Waals surface area contributed by atoms with Crippen LogP contribution in [0.2, 0.25) is 5.02 Å². The molecule has 1 unspecified atom stereocenters. The van der Waals surface area contributed by atoms with Crippen LogP contribution in [0, 0.1) is 5.41 Å². The largest absolute Gasteiger partial charge is 0.454 e. The van der Waals surface area contributed by atoms with Gasteiger partial charge in [-0.3, -0.25) is 14.6 Å². The van der Waals surface area contributed by atoms with Gasteiger partial charge in [-0.15, -0.1) is 0 Å². The number of carbonyl (C=O) groups is 1. The normalized spacial score (nSPS) is 27.5. The molecule has 1 spiro atoms. The minimum Gasteiger partial charge on any atom is -0.454 e. The van der Waals surface area contributed by atoms with Crippen LogP contribution in [0.5, 0.6) is 11.5 Å². The van der Waals surface area contributed by atoms with E-state index >= 15 is 0 Å². The highest BCUT2D eigenvalue weighted by atomic mass is 35.5. The molecule has 1 aromatic carbocycles. The zero-order valence-corrected chi connectivity index (χ0v) is 17.5. The second-order valence-corrected chi connectivity index (χ2v) is 8.94. The summed E-state index contributed by atoms with van der Waals surface area (Å²) in [6.07, 6.45) is 1.89. The van der Waals surface area contributed by atoms with Crippen LogP contribution in [-0.2, 0) is 16.1 Å². The molecule has 29 heavy (non-hydrogen) atoms. The minimum absolute atomic E-state index is 0.214. The number of hydrogen-bond acceptors (Lipinski definition) is 6. The molecular weight excluding hydrogens is 394 g/mol. The molecule has 7 nitrogen and oxygen atoms in total. The highest BCUT2D eigenvalue weighted by Gasteiger charge is 2.50. The smallest absolute Gasteiger partial charge is 0.231 e. The minimum atomic E-state index is -0.214. The number of amides is 1. The van der Waals surface area contributed by atoms with Gasteiger partial charge in [0.2, 0.25) is 12.7 Å². The van der Waals surface area contributed by atoms with Crippen molar-refractivity contribution in [1.82, 2.24) is 14.7 Å². The standard InChI is InChI=1S/C21H28ClN3O4/c22-17-12-19-18(28-15-29-19)11-16(17)13-24-3-1-21(14-24)2-4-25(20(21)26)6-5-23-7-9-27-10-8-23/h11-12H,1-10,13-15H2. The zero-order chi connectivity index (χ0) is 19.8. The lowest BCUT2D eigenvalue weighted by molar-refractivity contribution is -0.135. The highest BCUT2D eigenvalue weighted by Crippen LogP contribution is 2.42. The molecule has 0 saturated carbocycles. The molecule has 5 rings (SSSR count). The Morgan fingerprint density at radius 3 is 2.55 bits per heavy atom. The number of rotatable bonds is 5. The molecule has 4 heterocycles. The first-order valence-corrected chi connectivity index (χ1v) is 10.9. The Morgan fingerprint density at radius 2 is 1.72 bits per heavy atom. The van der Waals surface area contributed by atoms with E-state index in [9.17, 15) is 4.79 Å². The van der Waals surface area contributed by atoms with Crippen molar-refractivity contribution >= 4 is 17.5 Å². The molecule has 0 aromatic heterocycles. The molecule has 4 aliphatic heterocycles. The van der Waals surface area contributed by atoms with E-state index in [4.69, 9.17) is 25.8 Å². The van der Waals surface area contributed by atoms with Crippen LogP contribution in [0.15, 0.2) is 12.1 Å². The Labute approximate surface area is 176 Å². The lowest BCUT2D eigenvalue weighted by atomic mass is 9.85. The summed E-state index contributed by atoms with van der Waals surface area (Å²) in [5.74, 6) is 1.80. The number of morpholine rings is 1. The molecule has 0 N–H and O–H groups in total. The van der Waals surface area contributed by atoms with Crippen LogP contribution in [0.4, 0.5) is 0 Å². The van der Waals surface area contributed by atoms with Crippen molar-refractivity contribution in [2.24, 2.45) is 5.41 Å². The summed E-state index contributed by atoms with van der Waals surface area (Å²) < 4.78 is 16.3. The molecule has 158 valence electrons.